The summed E-state index contributed by atoms with van der Waals surface area (Å²) in [6.07, 6.45) is 3.53. The Morgan fingerprint density at radius 2 is 2.32 bits per heavy atom. The summed E-state index contributed by atoms with van der Waals surface area (Å²) < 4.78 is 2.20. The van der Waals surface area contributed by atoms with Gasteiger partial charge in [0.05, 0.1) is 0 Å². The Morgan fingerprint density at radius 3 is 3.00 bits per heavy atom. The summed E-state index contributed by atoms with van der Waals surface area (Å²) in [5, 5.41) is 6.06. The third-order valence-corrected chi connectivity index (χ3v) is 3.28. The molecule has 1 saturated heterocycles. The van der Waals surface area contributed by atoms with Crippen molar-refractivity contribution in [2.45, 2.75) is 25.4 Å². The van der Waals surface area contributed by atoms with Crippen molar-refractivity contribution < 1.29 is 4.79 Å². The summed E-state index contributed by atoms with van der Waals surface area (Å²) in [6, 6.07) is 1.59. The van der Waals surface area contributed by atoms with Crippen LogP contribution in [0.3, 0.4) is 0 Å². The van der Waals surface area contributed by atoms with E-state index in [1.54, 1.807) is 0 Å². The van der Waals surface area contributed by atoms with E-state index in [4.69, 9.17) is 0 Å². The molecule has 1 aromatic rings. The molecule has 0 aromatic carbocycles. The normalized spacial score (nSPS) is 18.5. The average Bonchev–Trinajstić information content (AvgIpc) is 2.90. The van der Waals surface area contributed by atoms with Crippen LogP contribution in [-0.4, -0.2) is 34.2 Å². The fourth-order valence-corrected chi connectivity index (χ4v) is 2.12. The lowest BCUT2D eigenvalue weighted by atomic mass is 10.2. The van der Waals surface area contributed by atoms with Gasteiger partial charge in [0.25, 0.3) is 5.56 Å². The van der Waals surface area contributed by atoms with Crippen molar-refractivity contribution in [1.29, 1.82) is 0 Å². The number of hydrogen-bond acceptors (Lipinski definition) is 4. The van der Waals surface area contributed by atoms with E-state index in [0.29, 0.717) is 12.6 Å². The van der Waals surface area contributed by atoms with Gasteiger partial charge in [-0.3, -0.25) is 18.7 Å². The van der Waals surface area contributed by atoms with Crippen molar-refractivity contribution in [3.8, 4) is 0 Å². The van der Waals surface area contributed by atoms with Crippen LogP contribution in [0.1, 0.15) is 12.8 Å². The first-order valence-electron chi connectivity index (χ1n) is 6.34. The Bertz CT molecular complexity index is 569. The van der Waals surface area contributed by atoms with Gasteiger partial charge in [-0.15, -0.1) is 0 Å². The molecule has 7 nitrogen and oxygen atoms in total. The molecule has 0 bridgehead atoms. The number of nitrogens with one attached hydrogen (secondary N) is 2. The molecule has 1 unspecified atom stereocenters. The molecule has 1 aromatic heterocycles. The average molecular weight is 266 g/mol. The van der Waals surface area contributed by atoms with Gasteiger partial charge in [-0.25, -0.2) is 4.79 Å². The van der Waals surface area contributed by atoms with Crippen LogP contribution in [0.5, 0.6) is 0 Å². The highest BCUT2D eigenvalue weighted by Gasteiger charge is 2.15. The van der Waals surface area contributed by atoms with E-state index >= 15 is 0 Å². The molecule has 104 valence electrons. The predicted molar refractivity (Wildman–Crippen MR) is 70.0 cm³/mol. The van der Waals surface area contributed by atoms with Gasteiger partial charge in [0.15, 0.2) is 0 Å². The first-order valence-corrected chi connectivity index (χ1v) is 6.34. The van der Waals surface area contributed by atoms with Gasteiger partial charge in [0.1, 0.15) is 6.54 Å². The van der Waals surface area contributed by atoms with Crippen molar-refractivity contribution >= 4 is 5.91 Å². The first-order chi connectivity index (χ1) is 9.08. The highest BCUT2D eigenvalue weighted by atomic mass is 16.2. The van der Waals surface area contributed by atoms with Crippen LogP contribution in [0, 0.1) is 0 Å². The number of aromatic nitrogens is 2. The van der Waals surface area contributed by atoms with E-state index in [9.17, 15) is 14.4 Å². The van der Waals surface area contributed by atoms with E-state index in [0.717, 1.165) is 24.0 Å². The molecule has 7 heteroatoms. The minimum absolute atomic E-state index is 0.0698. The summed E-state index contributed by atoms with van der Waals surface area (Å²) in [6.45, 7) is 1.49. The quantitative estimate of drug-likeness (QED) is 0.688. The summed E-state index contributed by atoms with van der Waals surface area (Å²) in [5.41, 5.74) is -0.863. The third kappa shape index (κ3) is 3.31. The highest BCUT2D eigenvalue weighted by Crippen LogP contribution is 2.02. The van der Waals surface area contributed by atoms with E-state index in [2.05, 4.69) is 10.6 Å². The van der Waals surface area contributed by atoms with E-state index in [-0.39, 0.29) is 18.0 Å². The van der Waals surface area contributed by atoms with E-state index in [1.165, 1.54) is 23.9 Å². The van der Waals surface area contributed by atoms with Gasteiger partial charge in [-0.05, 0) is 19.4 Å². The van der Waals surface area contributed by atoms with Crippen molar-refractivity contribution in [3.63, 3.8) is 0 Å². The predicted octanol–water partition coefficient (Wildman–Crippen LogP) is -1.58. The van der Waals surface area contributed by atoms with E-state index in [1.807, 2.05) is 0 Å². The molecular weight excluding hydrogens is 248 g/mol. The second-order valence-corrected chi connectivity index (χ2v) is 4.72. The second-order valence-electron chi connectivity index (χ2n) is 4.72. The molecule has 0 aliphatic carbocycles. The molecule has 1 fully saturated rings. The summed E-state index contributed by atoms with van der Waals surface area (Å²) in [5.74, 6) is -0.227. The summed E-state index contributed by atoms with van der Waals surface area (Å²) >= 11 is 0. The van der Waals surface area contributed by atoms with Crippen LogP contribution in [0.2, 0.25) is 0 Å². The zero-order valence-electron chi connectivity index (χ0n) is 10.9. The Kier molecular flexibility index (Phi) is 4.16. The zero-order valence-corrected chi connectivity index (χ0v) is 10.9. The fraction of sp³-hybridized carbons (Fsp3) is 0.583. The molecule has 1 aliphatic rings. The molecule has 0 radical (unpaired) electrons. The highest BCUT2D eigenvalue weighted by molar-refractivity contribution is 5.75. The summed E-state index contributed by atoms with van der Waals surface area (Å²) in [7, 11) is 1.39. The van der Waals surface area contributed by atoms with Crippen molar-refractivity contribution in [2.75, 3.05) is 13.1 Å². The van der Waals surface area contributed by atoms with Crippen molar-refractivity contribution in [1.82, 2.24) is 19.8 Å². The van der Waals surface area contributed by atoms with Gasteiger partial charge >= 0.3 is 5.69 Å². The first kappa shape index (κ1) is 13.5. The van der Waals surface area contributed by atoms with Gasteiger partial charge in [-0.2, -0.15) is 0 Å². The van der Waals surface area contributed by atoms with Gasteiger partial charge in [0.2, 0.25) is 5.91 Å². The van der Waals surface area contributed by atoms with Crippen LogP contribution in [0.25, 0.3) is 0 Å². The van der Waals surface area contributed by atoms with Crippen LogP contribution in [0.4, 0.5) is 0 Å². The number of rotatable bonds is 4. The zero-order chi connectivity index (χ0) is 13.8. The molecule has 1 amide bonds. The number of amides is 1. The molecule has 2 rings (SSSR count). The molecular formula is C12H18N4O3. The molecule has 0 spiro atoms. The monoisotopic (exact) mass is 266 g/mol. The fourth-order valence-electron chi connectivity index (χ4n) is 2.12. The molecule has 19 heavy (non-hydrogen) atoms. The topological polar surface area (TPSA) is 85.1 Å². The van der Waals surface area contributed by atoms with Gasteiger partial charge in [0, 0.05) is 31.9 Å². The van der Waals surface area contributed by atoms with E-state index < -0.39 is 5.69 Å². The SMILES string of the molecule is Cn1c(=O)ccn(CC(=O)NCC2CCCN2)c1=O. The Balaban J connectivity index is 1.93. The Labute approximate surface area is 110 Å². The van der Waals surface area contributed by atoms with Crippen LogP contribution >= 0.6 is 0 Å². The molecule has 2 N–H and O–H groups in total. The van der Waals surface area contributed by atoms with Crippen LogP contribution < -0.4 is 21.9 Å². The van der Waals surface area contributed by atoms with Gasteiger partial charge < -0.3 is 10.6 Å². The maximum Gasteiger partial charge on any atom is 0.331 e. The lowest BCUT2D eigenvalue weighted by Gasteiger charge is -2.12. The smallest absolute Gasteiger partial charge is 0.331 e. The number of hydrogen-bond donors (Lipinski definition) is 2. The molecule has 0 saturated carbocycles. The minimum atomic E-state index is -0.485. The van der Waals surface area contributed by atoms with Crippen LogP contribution in [0.15, 0.2) is 21.9 Å². The lowest BCUT2D eigenvalue weighted by molar-refractivity contribution is -0.121. The van der Waals surface area contributed by atoms with Crippen molar-refractivity contribution in [3.05, 3.63) is 33.1 Å². The lowest BCUT2D eigenvalue weighted by Crippen LogP contribution is -2.42. The molecule has 1 aliphatic heterocycles. The number of nitrogens with zero attached hydrogens (tertiary/aromatic N) is 2. The standard InChI is InChI=1S/C12H18N4O3/c1-15-11(18)4-6-16(12(15)19)8-10(17)14-7-9-3-2-5-13-9/h4,6,9,13H,2-3,5,7-8H2,1H3,(H,14,17). The van der Waals surface area contributed by atoms with Crippen LogP contribution in [-0.2, 0) is 18.4 Å². The molecule has 2 heterocycles. The second kappa shape index (κ2) is 5.83. The third-order valence-electron chi connectivity index (χ3n) is 3.28. The number of carbonyl (C=O) groups excluding carboxylic acids is 1. The summed E-state index contributed by atoms with van der Waals surface area (Å²) in [4.78, 5) is 34.7. The largest absolute Gasteiger partial charge is 0.353 e. The minimum Gasteiger partial charge on any atom is -0.353 e. The molecule has 1 atom stereocenters. The van der Waals surface area contributed by atoms with Gasteiger partial charge in [-0.1, -0.05) is 0 Å². The number of carbonyl (C=O) groups is 1. The maximum atomic E-state index is 11.7. The Hall–Kier alpha value is -1.89. The van der Waals surface area contributed by atoms with Crippen molar-refractivity contribution in [2.24, 2.45) is 7.05 Å². The maximum absolute atomic E-state index is 11.7. The Morgan fingerprint density at radius 1 is 1.53 bits per heavy atom.